The first-order valence-electron chi connectivity index (χ1n) is 5.51. The molecule has 0 spiro atoms. The molecule has 1 heterocycles. The largest absolute Gasteiger partial charge is 0.461 e. The predicted octanol–water partition coefficient (Wildman–Crippen LogP) is 2.45. The van der Waals surface area contributed by atoms with Gasteiger partial charge in [0.15, 0.2) is 0 Å². The Labute approximate surface area is 92.7 Å². The van der Waals surface area contributed by atoms with Crippen LogP contribution < -0.4 is 0 Å². The van der Waals surface area contributed by atoms with Gasteiger partial charge in [-0.3, -0.25) is 0 Å². The van der Waals surface area contributed by atoms with E-state index in [1.165, 1.54) is 0 Å². The molecule has 0 radical (unpaired) electrons. The van der Waals surface area contributed by atoms with Crippen molar-refractivity contribution in [2.24, 2.45) is 0 Å². The lowest BCUT2D eigenvalue weighted by Crippen LogP contribution is -2.41. The van der Waals surface area contributed by atoms with E-state index in [2.05, 4.69) is 0 Å². The molecule has 0 saturated carbocycles. The molecule has 0 aromatic rings. The van der Waals surface area contributed by atoms with E-state index in [1.807, 2.05) is 34.6 Å². The first-order valence-corrected chi connectivity index (χ1v) is 5.51. The lowest BCUT2D eigenvalue weighted by Gasteiger charge is -2.32. The SMILES string of the molecule is CC(=O)C[C@@H](C)B1OC(C)(C)C(C)(C)O1. The van der Waals surface area contributed by atoms with Gasteiger partial charge in [-0.25, -0.2) is 0 Å². The van der Waals surface area contributed by atoms with Crippen molar-refractivity contribution < 1.29 is 14.1 Å². The van der Waals surface area contributed by atoms with Crippen molar-refractivity contribution in [2.45, 2.75) is 65.0 Å². The van der Waals surface area contributed by atoms with E-state index in [0.29, 0.717) is 6.42 Å². The van der Waals surface area contributed by atoms with Gasteiger partial charge in [-0.2, -0.15) is 0 Å². The summed E-state index contributed by atoms with van der Waals surface area (Å²) in [6.07, 6.45) is 0.511. The van der Waals surface area contributed by atoms with E-state index in [4.69, 9.17) is 9.31 Å². The number of rotatable bonds is 3. The maximum atomic E-state index is 11.0. The first-order chi connectivity index (χ1) is 6.66. The predicted molar refractivity (Wildman–Crippen MR) is 60.8 cm³/mol. The van der Waals surface area contributed by atoms with E-state index in [1.54, 1.807) is 6.92 Å². The maximum absolute atomic E-state index is 11.0. The van der Waals surface area contributed by atoms with Crippen LogP contribution in [0.2, 0.25) is 5.82 Å². The lowest BCUT2D eigenvalue weighted by atomic mass is 9.71. The fourth-order valence-electron chi connectivity index (χ4n) is 1.67. The normalized spacial score (nSPS) is 25.3. The molecule has 1 aliphatic heterocycles. The Morgan fingerprint density at radius 1 is 1.20 bits per heavy atom. The number of ketones is 1. The molecule has 0 aromatic carbocycles. The minimum atomic E-state index is -0.303. The van der Waals surface area contributed by atoms with Crippen molar-refractivity contribution in [1.29, 1.82) is 0 Å². The number of carbonyl (C=O) groups excluding carboxylic acids is 1. The third-order valence-electron chi connectivity index (χ3n) is 3.35. The molecule has 1 atom stereocenters. The smallest absolute Gasteiger partial charge is 0.403 e. The molecule has 3 nitrogen and oxygen atoms in total. The zero-order chi connectivity index (χ0) is 11.9. The van der Waals surface area contributed by atoms with Crippen molar-refractivity contribution in [1.82, 2.24) is 0 Å². The minimum absolute atomic E-state index is 0.114. The summed E-state index contributed by atoms with van der Waals surface area (Å²) in [7, 11) is -0.265. The molecule has 0 amide bonds. The number of Topliss-reactive ketones (excluding diaryl/α,β-unsaturated/α-hetero) is 1. The second kappa shape index (κ2) is 3.91. The van der Waals surface area contributed by atoms with Crippen molar-refractivity contribution >= 4 is 12.9 Å². The Bertz CT molecular complexity index is 245. The van der Waals surface area contributed by atoms with Gasteiger partial charge in [-0.1, -0.05) is 6.92 Å². The Morgan fingerprint density at radius 2 is 1.60 bits per heavy atom. The highest BCUT2D eigenvalue weighted by Crippen LogP contribution is 2.40. The van der Waals surface area contributed by atoms with Crippen LogP contribution in [0.25, 0.3) is 0 Å². The second-order valence-electron chi connectivity index (χ2n) is 5.51. The molecule has 15 heavy (non-hydrogen) atoms. The quantitative estimate of drug-likeness (QED) is 0.674. The van der Waals surface area contributed by atoms with Crippen LogP contribution >= 0.6 is 0 Å². The van der Waals surface area contributed by atoms with Crippen molar-refractivity contribution in [2.75, 3.05) is 0 Å². The molecule has 0 N–H and O–H groups in total. The molecule has 0 bridgehead atoms. The molecule has 1 fully saturated rings. The van der Waals surface area contributed by atoms with Gasteiger partial charge in [-0.15, -0.1) is 0 Å². The molecule has 1 rings (SSSR count). The Kier molecular flexibility index (Phi) is 3.31. The number of carbonyl (C=O) groups is 1. The van der Waals surface area contributed by atoms with Crippen LogP contribution in [0.4, 0.5) is 0 Å². The maximum Gasteiger partial charge on any atom is 0.461 e. The molecule has 0 unspecified atom stereocenters. The Balaban J connectivity index is 2.66. The molecule has 1 aliphatic rings. The third-order valence-corrected chi connectivity index (χ3v) is 3.35. The van der Waals surface area contributed by atoms with Gasteiger partial charge in [0.25, 0.3) is 0 Å². The van der Waals surface area contributed by atoms with E-state index in [0.717, 1.165) is 0 Å². The van der Waals surface area contributed by atoms with E-state index in [-0.39, 0.29) is 29.9 Å². The second-order valence-corrected chi connectivity index (χ2v) is 5.51. The zero-order valence-corrected chi connectivity index (χ0v) is 10.6. The zero-order valence-electron chi connectivity index (χ0n) is 10.6. The topological polar surface area (TPSA) is 35.5 Å². The molecule has 4 heteroatoms. The highest BCUT2D eigenvalue weighted by molar-refractivity contribution is 6.47. The van der Waals surface area contributed by atoms with Crippen LogP contribution in [0.15, 0.2) is 0 Å². The van der Waals surface area contributed by atoms with E-state index >= 15 is 0 Å². The highest BCUT2D eigenvalue weighted by atomic mass is 16.7. The summed E-state index contributed by atoms with van der Waals surface area (Å²) >= 11 is 0. The molecule has 86 valence electrons. The van der Waals surface area contributed by atoms with Gasteiger partial charge in [0, 0.05) is 6.42 Å². The molecular weight excluding hydrogens is 191 g/mol. The molecular formula is C11H21BO3. The van der Waals surface area contributed by atoms with Gasteiger partial charge in [0.05, 0.1) is 11.2 Å². The van der Waals surface area contributed by atoms with Crippen molar-refractivity contribution in [3.63, 3.8) is 0 Å². The van der Waals surface area contributed by atoms with Crippen LogP contribution in [-0.4, -0.2) is 24.1 Å². The first kappa shape index (κ1) is 12.7. The molecule has 0 aromatic heterocycles. The monoisotopic (exact) mass is 212 g/mol. The van der Waals surface area contributed by atoms with Gasteiger partial charge in [-0.05, 0) is 40.4 Å². The minimum Gasteiger partial charge on any atom is -0.403 e. The Morgan fingerprint density at radius 3 is 1.93 bits per heavy atom. The number of hydrogen-bond acceptors (Lipinski definition) is 3. The lowest BCUT2D eigenvalue weighted by molar-refractivity contribution is -0.117. The van der Waals surface area contributed by atoms with Crippen LogP contribution in [-0.2, 0) is 14.1 Å². The van der Waals surface area contributed by atoms with Crippen LogP contribution in [0, 0.1) is 0 Å². The average Bonchev–Trinajstić information content (AvgIpc) is 2.20. The summed E-state index contributed by atoms with van der Waals surface area (Å²) in [6, 6.07) is 0. The average molecular weight is 212 g/mol. The fourth-order valence-corrected chi connectivity index (χ4v) is 1.67. The van der Waals surface area contributed by atoms with Gasteiger partial charge in [0.2, 0.25) is 0 Å². The van der Waals surface area contributed by atoms with Crippen LogP contribution in [0.1, 0.15) is 48.0 Å². The van der Waals surface area contributed by atoms with Crippen LogP contribution in [0.3, 0.4) is 0 Å². The fraction of sp³-hybridized carbons (Fsp3) is 0.909. The van der Waals surface area contributed by atoms with E-state index < -0.39 is 0 Å². The summed E-state index contributed by atoms with van der Waals surface area (Å²) in [5.74, 6) is 0.292. The highest BCUT2D eigenvalue weighted by Gasteiger charge is 2.52. The van der Waals surface area contributed by atoms with Crippen molar-refractivity contribution in [3.8, 4) is 0 Å². The summed E-state index contributed by atoms with van der Waals surface area (Å²) < 4.78 is 11.7. The van der Waals surface area contributed by atoms with Crippen molar-refractivity contribution in [3.05, 3.63) is 0 Å². The molecule has 1 saturated heterocycles. The van der Waals surface area contributed by atoms with Crippen LogP contribution in [0.5, 0.6) is 0 Å². The molecule has 0 aliphatic carbocycles. The van der Waals surface area contributed by atoms with E-state index in [9.17, 15) is 4.79 Å². The standard InChI is InChI=1S/C11H21BO3/c1-8(7-9(2)13)12-14-10(3,4)11(5,6)15-12/h8H,7H2,1-6H3/t8-/m1/s1. The summed E-state index contributed by atoms with van der Waals surface area (Å²) in [6.45, 7) is 11.7. The van der Waals surface area contributed by atoms with Gasteiger partial charge < -0.3 is 14.1 Å². The van der Waals surface area contributed by atoms with Gasteiger partial charge >= 0.3 is 7.12 Å². The Hall–Kier alpha value is -0.345. The summed E-state index contributed by atoms with van der Waals surface area (Å²) in [5.41, 5.74) is -0.606. The van der Waals surface area contributed by atoms with Gasteiger partial charge in [0.1, 0.15) is 5.78 Å². The number of hydrogen-bond donors (Lipinski definition) is 0. The summed E-state index contributed by atoms with van der Waals surface area (Å²) in [4.78, 5) is 11.0. The third kappa shape index (κ3) is 2.61. The summed E-state index contributed by atoms with van der Waals surface area (Å²) in [5, 5.41) is 0.